The van der Waals surface area contributed by atoms with Crippen LogP contribution >= 0.6 is 11.3 Å². The lowest BCUT2D eigenvalue weighted by Crippen LogP contribution is -3.13. The zero-order valence-corrected chi connectivity index (χ0v) is 19.4. The fourth-order valence-electron chi connectivity index (χ4n) is 5.35. The molecule has 0 unspecified atom stereocenters. The Kier molecular flexibility index (Phi) is 6.23. The van der Waals surface area contributed by atoms with E-state index in [4.69, 9.17) is 14.7 Å². The van der Waals surface area contributed by atoms with Crippen molar-refractivity contribution < 1.29 is 14.5 Å². The summed E-state index contributed by atoms with van der Waals surface area (Å²) in [6.07, 6.45) is 6.15. The van der Waals surface area contributed by atoms with Gasteiger partial charge in [-0.05, 0) is 37.7 Å². The topological polar surface area (TPSA) is 55.9 Å². The molecule has 7 heteroatoms. The molecule has 2 aliphatic heterocycles. The lowest BCUT2D eigenvalue weighted by atomic mass is 9.89. The normalized spacial score (nSPS) is 27.9. The van der Waals surface area contributed by atoms with Crippen molar-refractivity contribution in [2.24, 2.45) is 5.92 Å². The van der Waals surface area contributed by atoms with Crippen LogP contribution in [-0.2, 0) is 24.1 Å². The SMILES string of the molecule is CC[NH+]1CCC(Nc2nc(C[NH+]3CCOCC3)nc3sc4c(c23)CC[C@@H](C)C4)CC1. The van der Waals surface area contributed by atoms with Crippen molar-refractivity contribution in [1.82, 2.24) is 9.97 Å². The second-order valence-corrected chi connectivity index (χ2v) is 10.7. The predicted molar refractivity (Wildman–Crippen MR) is 122 cm³/mol. The predicted octanol–water partition coefficient (Wildman–Crippen LogP) is 0.710. The van der Waals surface area contributed by atoms with Gasteiger partial charge in [-0.25, -0.2) is 9.97 Å². The van der Waals surface area contributed by atoms with E-state index in [1.807, 2.05) is 11.3 Å². The monoisotopic (exact) mass is 431 g/mol. The number of ether oxygens (including phenoxy) is 1. The molecule has 1 aliphatic carbocycles. The molecule has 0 bridgehead atoms. The molecule has 2 saturated heterocycles. The molecule has 0 spiro atoms. The minimum absolute atomic E-state index is 0.542. The van der Waals surface area contributed by atoms with Gasteiger partial charge in [0.05, 0.1) is 38.2 Å². The first-order valence-corrected chi connectivity index (χ1v) is 12.8. The van der Waals surface area contributed by atoms with E-state index < -0.39 is 0 Å². The molecule has 5 rings (SSSR count). The van der Waals surface area contributed by atoms with Crippen LogP contribution in [0, 0.1) is 5.92 Å². The number of hydrogen-bond acceptors (Lipinski definition) is 5. The zero-order valence-electron chi connectivity index (χ0n) is 18.6. The lowest BCUT2D eigenvalue weighted by Gasteiger charge is -2.29. The first-order chi connectivity index (χ1) is 14.7. The number of nitrogens with one attached hydrogen (secondary N) is 3. The Balaban J connectivity index is 1.45. The van der Waals surface area contributed by atoms with E-state index in [0.29, 0.717) is 6.04 Å². The average Bonchev–Trinajstić information content (AvgIpc) is 3.12. The fourth-order valence-corrected chi connectivity index (χ4v) is 6.75. The largest absolute Gasteiger partial charge is 0.370 e. The van der Waals surface area contributed by atoms with Crippen molar-refractivity contribution in [2.75, 3.05) is 51.3 Å². The Labute approximate surface area is 184 Å². The van der Waals surface area contributed by atoms with Crippen LogP contribution in [0.4, 0.5) is 5.82 Å². The highest BCUT2D eigenvalue weighted by molar-refractivity contribution is 7.19. The minimum Gasteiger partial charge on any atom is -0.370 e. The number of likely N-dealkylation sites (tertiary alicyclic amines) is 1. The smallest absolute Gasteiger partial charge is 0.187 e. The number of aryl methyl sites for hydroxylation is 1. The Morgan fingerprint density at radius 1 is 1.07 bits per heavy atom. The van der Waals surface area contributed by atoms with Gasteiger partial charge in [-0.3, -0.25) is 0 Å². The Morgan fingerprint density at radius 2 is 1.87 bits per heavy atom. The molecule has 0 aromatic carbocycles. The molecular weight excluding hydrogens is 394 g/mol. The van der Waals surface area contributed by atoms with Gasteiger partial charge in [-0.1, -0.05) is 6.92 Å². The summed E-state index contributed by atoms with van der Waals surface area (Å²) in [7, 11) is 0. The van der Waals surface area contributed by atoms with Gasteiger partial charge in [-0.15, -0.1) is 11.3 Å². The molecular formula is C23H37N5OS+2. The molecule has 2 fully saturated rings. The summed E-state index contributed by atoms with van der Waals surface area (Å²) < 4.78 is 5.54. The van der Waals surface area contributed by atoms with Crippen molar-refractivity contribution in [3.63, 3.8) is 0 Å². The molecule has 0 amide bonds. The summed E-state index contributed by atoms with van der Waals surface area (Å²) in [5.74, 6) is 2.92. The fraction of sp³-hybridized carbons (Fsp3) is 0.739. The third-order valence-corrected chi connectivity index (χ3v) is 8.49. The van der Waals surface area contributed by atoms with Crippen molar-refractivity contribution in [1.29, 1.82) is 0 Å². The van der Waals surface area contributed by atoms with Crippen molar-refractivity contribution in [3.05, 3.63) is 16.3 Å². The van der Waals surface area contributed by atoms with E-state index >= 15 is 0 Å². The summed E-state index contributed by atoms with van der Waals surface area (Å²) >= 11 is 1.93. The summed E-state index contributed by atoms with van der Waals surface area (Å²) in [6.45, 7) is 13.2. The van der Waals surface area contributed by atoms with E-state index in [0.717, 1.165) is 50.4 Å². The summed E-state index contributed by atoms with van der Waals surface area (Å²) in [5.41, 5.74) is 1.54. The summed E-state index contributed by atoms with van der Waals surface area (Å²) in [5, 5.41) is 5.24. The molecule has 30 heavy (non-hydrogen) atoms. The maximum Gasteiger partial charge on any atom is 0.187 e. The van der Waals surface area contributed by atoms with Crippen LogP contribution in [0.3, 0.4) is 0 Å². The standard InChI is InChI=1S/C23H35N5OS/c1-3-27-8-6-17(7-9-27)24-22-21-18-5-4-16(2)14-19(18)30-23(21)26-20(25-22)15-28-10-12-29-13-11-28/h16-17H,3-15H2,1-2H3,(H,24,25,26)/p+2/t16-/m1/s1. The van der Waals surface area contributed by atoms with Gasteiger partial charge in [-0.2, -0.15) is 0 Å². The van der Waals surface area contributed by atoms with Crippen LogP contribution in [0.25, 0.3) is 10.2 Å². The van der Waals surface area contributed by atoms with E-state index in [9.17, 15) is 0 Å². The number of aromatic nitrogens is 2. The molecule has 164 valence electrons. The second-order valence-electron chi connectivity index (χ2n) is 9.58. The van der Waals surface area contributed by atoms with Crippen molar-refractivity contribution in [3.8, 4) is 0 Å². The van der Waals surface area contributed by atoms with Gasteiger partial charge in [0, 0.05) is 23.8 Å². The Morgan fingerprint density at radius 3 is 2.63 bits per heavy atom. The molecule has 1 atom stereocenters. The van der Waals surface area contributed by atoms with Crippen LogP contribution < -0.4 is 15.1 Å². The third-order valence-electron chi connectivity index (χ3n) is 7.34. The Bertz CT molecular complexity index is 870. The van der Waals surface area contributed by atoms with Gasteiger partial charge in [0.1, 0.15) is 30.3 Å². The highest BCUT2D eigenvalue weighted by Gasteiger charge is 2.27. The van der Waals surface area contributed by atoms with Crippen LogP contribution in [0.1, 0.15) is 49.4 Å². The van der Waals surface area contributed by atoms with Crippen molar-refractivity contribution in [2.45, 2.75) is 58.5 Å². The molecule has 6 nitrogen and oxygen atoms in total. The number of fused-ring (bicyclic) bond motifs is 3. The molecule has 2 aromatic rings. The zero-order chi connectivity index (χ0) is 20.5. The van der Waals surface area contributed by atoms with Gasteiger partial charge >= 0.3 is 0 Å². The first kappa shape index (κ1) is 20.6. The number of morpholine rings is 1. The number of anilines is 1. The molecule has 0 saturated carbocycles. The van der Waals surface area contributed by atoms with Gasteiger partial charge in [0.15, 0.2) is 5.82 Å². The first-order valence-electron chi connectivity index (χ1n) is 12.0. The van der Waals surface area contributed by atoms with Gasteiger partial charge in [0.25, 0.3) is 0 Å². The van der Waals surface area contributed by atoms with Crippen LogP contribution in [0.5, 0.6) is 0 Å². The van der Waals surface area contributed by atoms with E-state index in [-0.39, 0.29) is 0 Å². The highest BCUT2D eigenvalue weighted by atomic mass is 32.1. The lowest BCUT2D eigenvalue weighted by molar-refractivity contribution is -0.922. The molecule has 0 radical (unpaired) electrons. The van der Waals surface area contributed by atoms with Crippen LogP contribution in [-0.4, -0.2) is 61.9 Å². The third kappa shape index (κ3) is 4.35. The minimum atomic E-state index is 0.542. The molecule has 4 heterocycles. The quantitative estimate of drug-likeness (QED) is 0.653. The average molecular weight is 432 g/mol. The number of piperidine rings is 1. The van der Waals surface area contributed by atoms with E-state index in [1.54, 1.807) is 14.7 Å². The van der Waals surface area contributed by atoms with Gasteiger partial charge < -0.3 is 19.9 Å². The molecule has 3 aliphatic rings. The molecule has 3 N–H and O–H groups in total. The molecule has 2 aromatic heterocycles. The number of rotatable bonds is 5. The highest BCUT2D eigenvalue weighted by Crippen LogP contribution is 2.40. The summed E-state index contributed by atoms with van der Waals surface area (Å²) in [4.78, 5) is 16.3. The maximum absolute atomic E-state index is 5.54. The number of hydrogen-bond donors (Lipinski definition) is 3. The van der Waals surface area contributed by atoms with E-state index in [1.165, 1.54) is 67.5 Å². The van der Waals surface area contributed by atoms with Crippen molar-refractivity contribution >= 4 is 27.4 Å². The number of nitrogens with zero attached hydrogens (tertiary/aromatic N) is 2. The number of thiophene rings is 1. The van der Waals surface area contributed by atoms with Crippen LogP contribution in [0.15, 0.2) is 0 Å². The maximum atomic E-state index is 5.54. The van der Waals surface area contributed by atoms with Crippen LogP contribution in [0.2, 0.25) is 0 Å². The Hall–Kier alpha value is -1.28. The van der Waals surface area contributed by atoms with E-state index in [2.05, 4.69) is 19.2 Å². The second kappa shape index (κ2) is 9.07. The number of quaternary nitrogens is 2. The van der Waals surface area contributed by atoms with Gasteiger partial charge in [0.2, 0.25) is 0 Å². The summed E-state index contributed by atoms with van der Waals surface area (Å²) in [6, 6.07) is 0.542.